The maximum atomic E-state index is 13.5. The lowest BCUT2D eigenvalue weighted by molar-refractivity contribution is 0.0955. The highest BCUT2D eigenvalue weighted by Crippen LogP contribution is 2.22. The molecule has 1 unspecified atom stereocenters. The van der Waals surface area contributed by atoms with E-state index >= 15 is 0 Å². The molecule has 2 N–H and O–H groups in total. The van der Waals surface area contributed by atoms with Gasteiger partial charge in [-0.25, -0.2) is 13.6 Å². The van der Waals surface area contributed by atoms with Crippen LogP contribution in [0.2, 0.25) is 5.02 Å². The van der Waals surface area contributed by atoms with Crippen LogP contribution in [-0.2, 0) is 0 Å². The molecule has 2 rings (SSSR count). The third-order valence-electron chi connectivity index (χ3n) is 3.14. The van der Waals surface area contributed by atoms with E-state index in [4.69, 9.17) is 11.6 Å². The molecule has 0 saturated carbocycles. The van der Waals surface area contributed by atoms with Gasteiger partial charge in [-0.1, -0.05) is 35.9 Å². The molecule has 0 radical (unpaired) electrons. The second-order valence-corrected chi connectivity index (χ2v) is 5.17. The zero-order chi connectivity index (χ0) is 17.0. The topological polar surface area (TPSA) is 58.2 Å². The summed E-state index contributed by atoms with van der Waals surface area (Å²) in [6.07, 6.45) is 0. The zero-order valence-corrected chi connectivity index (χ0v) is 12.8. The molecule has 0 aliphatic heterocycles. The Morgan fingerprint density at radius 2 is 1.65 bits per heavy atom. The molecular weight excluding hydrogens is 326 g/mol. The monoisotopic (exact) mass is 338 g/mol. The smallest absolute Gasteiger partial charge is 0.322 e. The van der Waals surface area contributed by atoms with Crippen molar-refractivity contribution in [2.45, 2.75) is 13.0 Å². The molecular formula is C16H13ClF2N2O2. The largest absolute Gasteiger partial charge is 0.331 e. The highest BCUT2D eigenvalue weighted by Gasteiger charge is 2.20. The van der Waals surface area contributed by atoms with Crippen LogP contribution in [0.25, 0.3) is 0 Å². The lowest BCUT2D eigenvalue weighted by atomic mass is 10.1. The molecule has 7 heteroatoms. The van der Waals surface area contributed by atoms with Gasteiger partial charge in [0.15, 0.2) is 0 Å². The van der Waals surface area contributed by atoms with E-state index in [9.17, 15) is 18.4 Å². The van der Waals surface area contributed by atoms with Crippen molar-refractivity contribution in [3.05, 3.63) is 70.2 Å². The number of hydrogen-bond acceptors (Lipinski definition) is 2. The number of carbonyl (C=O) groups is 2. The molecule has 0 aromatic heterocycles. The van der Waals surface area contributed by atoms with Crippen LogP contribution in [0.4, 0.5) is 13.6 Å². The SMILES string of the molecule is CC(NC(=O)NC(=O)c1c(F)cccc1F)c1ccccc1Cl. The van der Waals surface area contributed by atoms with Crippen LogP contribution < -0.4 is 10.6 Å². The zero-order valence-electron chi connectivity index (χ0n) is 12.1. The van der Waals surface area contributed by atoms with Crippen molar-refractivity contribution >= 4 is 23.5 Å². The van der Waals surface area contributed by atoms with Crippen molar-refractivity contribution in [3.8, 4) is 0 Å². The Balaban J connectivity index is 2.05. The molecule has 2 aromatic carbocycles. The number of urea groups is 1. The number of imide groups is 1. The van der Waals surface area contributed by atoms with Crippen molar-refractivity contribution in [3.63, 3.8) is 0 Å². The first kappa shape index (κ1) is 16.9. The molecule has 0 spiro atoms. The summed E-state index contributed by atoms with van der Waals surface area (Å²) in [6.45, 7) is 1.66. The number of nitrogens with one attached hydrogen (secondary N) is 2. The van der Waals surface area contributed by atoms with E-state index in [-0.39, 0.29) is 0 Å². The van der Waals surface area contributed by atoms with E-state index in [0.717, 1.165) is 18.2 Å². The van der Waals surface area contributed by atoms with Crippen molar-refractivity contribution < 1.29 is 18.4 Å². The van der Waals surface area contributed by atoms with Crippen molar-refractivity contribution in [1.29, 1.82) is 0 Å². The predicted octanol–water partition coefficient (Wildman–Crippen LogP) is 3.82. The summed E-state index contributed by atoms with van der Waals surface area (Å²) < 4.78 is 27.0. The van der Waals surface area contributed by atoms with Crippen molar-refractivity contribution in [1.82, 2.24) is 10.6 Å². The van der Waals surface area contributed by atoms with Gasteiger partial charge in [-0.2, -0.15) is 0 Å². The lowest BCUT2D eigenvalue weighted by Crippen LogP contribution is -2.41. The number of halogens is 3. The predicted molar refractivity (Wildman–Crippen MR) is 82.2 cm³/mol. The van der Waals surface area contributed by atoms with Gasteiger partial charge in [0.05, 0.1) is 6.04 Å². The number of benzene rings is 2. The third kappa shape index (κ3) is 4.04. The van der Waals surface area contributed by atoms with Crippen molar-refractivity contribution in [2.24, 2.45) is 0 Å². The van der Waals surface area contributed by atoms with Crippen LogP contribution in [0, 0.1) is 11.6 Å². The molecule has 120 valence electrons. The second kappa shape index (κ2) is 7.19. The Kier molecular flexibility index (Phi) is 5.28. The standard InChI is InChI=1S/C16H13ClF2N2O2/c1-9(10-5-2-3-6-11(10)17)20-16(23)21-15(22)14-12(18)7-4-8-13(14)19/h2-9H,1H3,(H2,20,21,22,23). The van der Waals surface area contributed by atoms with Crippen LogP contribution in [0.5, 0.6) is 0 Å². The van der Waals surface area contributed by atoms with Gasteiger partial charge >= 0.3 is 6.03 Å². The first-order valence-electron chi connectivity index (χ1n) is 6.70. The van der Waals surface area contributed by atoms with E-state index in [1.54, 1.807) is 31.2 Å². The average molecular weight is 339 g/mol. The molecule has 0 heterocycles. The Bertz CT molecular complexity index is 732. The summed E-state index contributed by atoms with van der Waals surface area (Å²) in [7, 11) is 0. The maximum Gasteiger partial charge on any atom is 0.322 e. The fourth-order valence-electron chi connectivity index (χ4n) is 2.02. The molecule has 1 atom stereocenters. The van der Waals surface area contributed by atoms with Crippen LogP contribution in [0.1, 0.15) is 28.9 Å². The molecule has 4 nitrogen and oxygen atoms in total. The fourth-order valence-corrected chi connectivity index (χ4v) is 2.32. The van der Waals surface area contributed by atoms with Crippen LogP contribution in [0.15, 0.2) is 42.5 Å². The Labute approximate surface area is 136 Å². The summed E-state index contributed by atoms with van der Waals surface area (Å²) in [5, 5.41) is 4.81. The Hall–Kier alpha value is -2.47. The van der Waals surface area contributed by atoms with Crippen LogP contribution >= 0.6 is 11.6 Å². The van der Waals surface area contributed by atoms with Gasteiger partial charge in [0, 0.05) is 5.02 Å². The van der Waals surface area contributed by atoms with Crippen LogP contribution in [0.3, 0.4) is 0 Å². The minimum Gasteiger partial charge on any atom is -0.331 e. The number of hydrogen-bond donors (Lipinski definition) is 2. The summed E-state index contributed by atoms with van der Waals surface area (Å²) in [5.74, 6) is -3.26. The minimum absolute atomic E-state index is 0.451. The molecule has 2 aromatic rings. The van der Waals surface area contributed by atoms with E-state index in [2.05, 4.69) is 5.32 Å². The number of carbonyl (C=O) groups excluding carboxylic acids is 2. The third-order valence-corrected chi connectivity index (χ3v) is 3.48. The van der Waals surface area contributed by atoms with Crippen LogP contribution in [-0.4, -0.2) is 11.9 Å². The minimum atomic E-state index is -1.16. The molecule has 0 aliphatic carbocycles. The second-order valence-electron chi connectivity index (χ2n) is 4.77. The molecule has 3 amide bonds. The van der Waals surface area contributed by atoms with E-state index in [1.165, 1.54) is 0 Å². The highest BCUT2D eigenvalue weighted by atomic mass is 35.5. The first-order chi connectivity index (χ1) is 10.9. The summed E-state index contributed by atoms with van der Waals surface area (Å²) in [4.78, 5) is 23.6. The fraction of sp³-hybridized carbons (Fsp3) is 0.125. The quantitative estimate of drug-likeness (QED) is 0.893. The normalized spacial score (nSPS) is 11.7. The average Bonchev–Trinajstić information content (AvgIpc) is 2.47. The van der Waals surface area contributed by atoms with Gasteiger partial charge in [-0.3, -0.25) is 10.1 Å². The summed E-state index contributed by atoms with van der Waals surface area (Å²) >= 11 is 6.01. The van der Waals surface area contributed by atoms with Gasteiger partial charge in [-0.15, -0.1) is 0 Å². The Morgan fingerprint density at radius 3 is 2.26 bits per heavy atom. The maximum absolute atomic E-state index is 13.5. The van der Waals surface area contributed by atoms with Gasteiger partial charge in [0.1, 0.15) is 17.2 Å². The summed E-state index contributed by atoms with van der Waals surface area (Å²) in [6, 6.07) is 8.47. The van der Waals surface area contributed by atoms with E-state index in [0.29, 0.717) is 10.6 Å². The first-order valence-corrected chi connectivity index (χ1v) is 7.08. The molecule has 0 fully saturated rings. The molecule has 0 bridgehead atoms. The van der Waals surface area contributed by atoms with Gasteiger partial charge in [-0.05, 0) is 30.7 Å². The number of rotatable bonds is 3. The summed E-state index contributed by atoms with van der Waals surface area (Å²) in [5.41, 5.74) is -0.165. The molecule has 0 saturated heterocycles. The highest BCUT2D eigenvalue weighted by molar-refractivity contribution is 6.31. The van der Waals surface area contributed by atoms with E-state index < -0.39 is 35.2 Å². The lowest BCUT2D eigenvalue weighted by Gasteiger charge is -2.16. The number of amides is 3. The molecule has 23 heavy (non-hydrogen) atoms. The molecule has 0 aliphatic rings. The van der Waals surface area contributed by atoms with E-state index in [1.807, 2.05) is 5.32 Å². The van der Waals surface area contributed by atoms with Gasteiger partial charge in [0.2, 0.25) is 0 Å². The van der Waals surface area contributed by atoms with Gasteiger partial charge < -0.3 is 5.32 Å². The van der Waals surface area contributed by atoms with Gasteiger partial charge in [0.25, 0.3) is 5.91 Å². The Morgan fingerprint density at radius 1 is 1.04 bits per heavy atom. The van der Waals surface area contributed by atoms with Crippen molar-refractivity contribution in [2.75, 3.05) is 0 Å².